The number of hydrogen-bond donors (Lipinski definition) is 1. The van der Waals surface area contributed by atoms with Crippen molar-refractivity contribution in [2.45, 2.75) is 45.5 Å². The molecule has 1 unspecified atom stereocenters. The first-order chi connectivity index (χ1) is 7.72. The van der Waals surface area contributed by atoms with E-state index in [0.29, 0.717) is 0 Å². The molecule has 94 valence electrons. The average molecular weight is 254 g/mol. The Balaban J connectivity index is 2.93. The lowest BCUT2D eigenvalue weighted by Crippen LogP contribution is -2.42. The molecular weight excluding hydrogens is 234 g/mol. The summed E-state index contributed by atoms with van der Waals surface area (Å²) in [7, 11) is 0. The minimum Gasteiger partial charge on any atom is -0.350 e. The summed E-state index contributed by atoms with van der Waals surface area (Å²) in [6.45, 7) is 9.83. The van der Waals surface area contributed by atoms with E-state index in [-0.39, 0.29) is 11.4 Å². The molecule has 0 aliphatic heterocycles. The molecule has 0 spiro atoms. The zero-order valence-electron chi connectivity index (χ0n) is 11.1. The first-order valence-electron chi connectivity index (χ1n) is 5.74. The molecule has 1 aromatic carbocycles. The molecule has 0 fully saturated rings. The Bertz CT molecular complexity index is 421. The molecule has 0 saturated heterocycles. The van der Waals surface area contributed by atoms with E-state index in [1.165, 1.54) is 0 Å². The molecule has 1 atom stereocenters. The quantitative estimate of drug-likeness (QED) is 0.803. The van der Waals surface area contributed by atoms with Gasteiger partial charge in [-0.05, 0) is 51.3 Å². The fraction of sp³-hybridized carbons (Fsp3) is 0.500. The molecule has 0 saturated carbocycles. The van der Waals surface area contributed by atoms with Crippen LogP contribution in [0.25, 0.3) is 0 Å². The van der Waals surface area contributed by atoms with Crippen molar-refractivity contribution in [3.8, 4) is 0 Å². The van der Waals surface area contributed by atoms with E-state index in [2.05, 4.69) is 5.32 Å². The molecule has 0 radical (unpaired) electrons. The van der Waals surface area contributed by atoms with Gasteiger partial charge >= 0.3 is 0 Å². The minimum atomic E-state index is -0.630. The Morgan fingerprint density at radius 3 is 2.41 bits per heavy atom. The summed E-state index contributed by atoms with van der Waals surface area (Å²) in [6.07, 6.45) is 0. The van der Waals surface area contributed by atoms with Crippen molar-refractivity contribution in [2.24, 2.45) is 0 Å². The molecule has 1 N–H and O–H groups in total. The molecule has 0 heterocycles. The summed E-state index contributed by atoms with van der Waals surface area (Å²) in [4.78, 5) is 12.0. The van der Waals surface area contributed by atoms with Gasteiger partial charge in [-0.25, -0.2) is 0 Å². The largest absolute Gasteiger partial charge is 0.350 e. The van der Waals surface area contributed by atoms with Crippen LogP contribution in [0.5, 0.6) is 0 Å². The maximum atomic E-state index is 12.0. The van der Waals surface area contributed by atoms with Gasteiger partial charge in [-0.2, -0.15) is 0 Å². The fourth-order valence-electron chi connectivity index (χ4n) is 1.62. The van der Waals surface area contributed by atoms with Gasteiger partial charge in [0.05, 0.1) is 0 Å². The van der Waals surface area contributed by atoms with E-state index in [4.69, 9.17) is 11.6 Å². The lowest BCUT2D eigenvalue weighted by atomic mass is 9.99. The van der Waals surface area contributed by atoms with Gasteiger partial charge in [-0.1, -0.05) is 18.2 Å². The zero-order valence-corrected chi connectivity index (χ0v) is 11.9. The topological polar surface area (TPSA) is 29.1 Å². The van der Waals surface area contributed by atoms with Crippen molar-refractivity contribution in [1.29, 1.82) is 0 Å². The van der Waals surface area contributed by atoms with Gasteiger partial charge in [-0.15, -0.1) is 11.6 Å². The van der Waals surface area contributed by atoms with Crippen molar-refractivity contribution in [3.63, 3.8) is 0 Å². The summed E-state index contributed by atoms with van der Waals surface area (Å²) in [5, 5.41) is 2.26. The maximum Gasteiger partial charge on any atom is 0.243 e. The van der Waals surface area contributed by atoms with Gasteiger partial charge in [0.15, 0.2) is 0 Å². The summed E-state index contributed by atoms with van der Waals surface area (Å²) in [5.41, 5.74) is 2.85. The van der Waals surface area contributed by atoms with Crippen LogP contribution in [-0.2, 0) is 4.79 Å². The maximum absolute atomic E-state index is 12.0. The Morgan fingerprint density at radius 1 is 1.29 bits per heavy atom. The van der Waals surface area contributed by atoms with Crippen LogP contribution in [0.3, 0.4) is 0 Å². The minimum absolute atomic E-state index is 0.145. The highest BCUT2D eigenvalue weighted by molar-refractivity contribution is 6.31. The molecule has 1 amide bonds. The molecular formula is C14H20ClNO. The van der Waals surface area contributed by atoms with Crippen LogP contribution in [0, 0.1) is 13.8 Å². The SMILES string of the molecule is Cc1cccc(C(Cl)C(=O)NC(C)(C)C)c1C. The molecule has 0 aromatic heterocycles. The second-order valence-electron chi connectivity index (χ2n) is 5.39. The van der Waals surface area contributed by atoms with Crippen molar-refractivity contribution in [2.75, 3.05) is 0 Å². The predicted octanol–water partition coefficient (Wildman–Crippen LogP) is 3.50. The summed E-state index contributed by atoms with van der Waals surface area (Å²) >= 11 is 6.23. The highest BCUT2D eigenvalue weighted by atomic mass is 35.5. The average Bonchev–Trinajstić information content (AvgIpc) is 2.18. The molecule has 0 aliphatic rings. The van der Waals surface area contributed by atoms with Gasteiger partial charge in [0.25, 0.3) is 0 Å². The number of carbonyl (C=O) groups is 1. The summed E-state index contributed by atoms with van der Waals surface area (Å²) < 4.78 is 0. The third-order valence-electron chi connectivity index (χ3n) is 2.65. The molecule has 17 heavy (non-hydrogen) atoms. The highest BCUT2D eigenvalue weighted by Crippen LogP contribution is 2.26. The van der Waals surface area contributed by atoms with Crippen molar-refractivity contribution >= 4 is 17.5 Å². The molecule has 3 heteroatoms. The Morgan fingerprint density at radius 2 is 1.88 bits per heavy atom. The third-order valence-corrected chi connectivity index (χ3v) is 3.08. The Labute approximate surface area is 108 Å². The monoisotopic (exact) mass is 253 g/mol. The summed E-state index contributed by atoms with van der Waals surface area (Å²) in [5.74, 6) is -0.145. The number of hydrogen-bond acceptors (Lipinski definition) is 1. The van der Waals surface area contributed by atoms with E-state index < -0.39 is 5.38 Å². The van der Waals surface area contributed by atoms with Crippen LogP contribution in [0.1, 0.15) is 42.8 Å². The molecule has 1 aromatic rings. The van der Waals surface area contributed by atoms with Gasteiger partial charge < -0.3 is 5.32 Å². The van der Waals surface area contributed by atoms with Crippen LogP contribution in [0.2, 0.25) is 0 Å². The number of rotatable bonds is 2. The number of aryl methyl sites for hydroxylation is 1. The smallest absolute Gasteiger partial charge is 0.243 e. The van der Waals surface area contributed by atoms with Gasteiger partial charge in [-0.3, -0.25) is 4.79 Å². The van der Waals surface area contributed by atoms with E-state index in [1.807, 2.05) is 52.8 Å². The lowest BCUT2D eigenvalue weighted by molar-refractivity contribution is -0.122. The number of nitrogens with one attached hydrogen (secondary N) is 1. The first kappa shape index (κ1) is 14.0. The zero-order chi connectivity index (χ0) is 13.2. The van der Waals surface area contributed by atoms with Crippen molar-refractivity contribution in [1.82, 2.24) is 5.32 Å². The summed E-state index contributed by atoms with van der Waals surface area (Å²) in [6, 6.07) is 5.85. The predicted molar refractivity (Wildman–Crippen MR) is 72.4 cm³/mol. The number of carbonyl (C=O) groups excluding carboxylic acids is 1. The van der Waals surface area contributed by atoms with Crippen LogP contribution < -0.4 is 5.32 Å². The van der Waals surface area contributed by atoms with Crippen molar-refractivity contribution in [3.05, 3.63) is 34.9 Å². The number of halogens is 1. The van der Waals surface area contributed by atoms with E-state index in [0.717, 1.165) is 16.7 Å². The van der Waals surface area contributed by atoms with E-state index in [9.17, 15) is 4.79 Å². The molecule has 2 nitrogen and oxygen atoms in total. The van der Waals surface area contributed by atoms with Gasteiger partial charge in [0.2, 0.25) is 5.91 Å². The molecule has 0 bridgehead atoms. The standard InChI is InChI=1S/C14H20ClNO/c1-9-7-6-8-11(10(9)2)12(15)13(17)16-14(3,4)5/h6-8,12H,1-5H3,(H,16,17). The van der Waals surface area contributed by atoms with Gasteiger partial charge in [0, 0.05) is 5.54 Å². The Kier molecular flexibility index (Phi) is 4.21. The van der Waals surface area contributed by atoms with Crippen LogP contribution >= 0.6 is 11.6 Å². The van der Waals surface area contributed by atoms with E-state index >= 15 is 0 Å². The Hall–Kier alpha value is -1.02. The highest BCUT2D eigenvalue weighted by Gasteiger charge is 2.23. The molecule has 1 rings (SSSR count). The second-order valence-corrected chi connectivity index (χ2v) is 5.83. The number of amides is 1. The molecule has 0 aliphatic carbocycles. The van der Waals surface area contributed by atoms with Crippen LogP contribution in [0.4, 0.5) is 0 Å². The van der Waals surface area contributed by atoms with Crippen LogP contribution in [-0.4, -0.2) is 11.4 Å². The fourth-order valence-corrected chi connectivity index (χ4v) is 1.91. The van der Waals surface area contributed by atoms with Gasteiger partial charge in [0.1, 0.15) is 5.38 Å². The number of benzene rings is 1. The lowest BCUT2D eigenvalue weighted by Gasteiger charge is -2.23. The second kappa shape index (κ2) is 5.09. The normalized spacial score (nSPS) is 13.3. The number of alkyl halides is 1. The van der Waals surface area contributed by atoms with E-state index in [1.54, 1.807) is 0 Å². The van der Waals surface area contributed by atoms with Crippen LogP contribution in [0.15, 0.2) is 18.2 Å². The van der Waals surface area contributed by atoms with Crippen molar-refractivity contribution < 1.29 is 4.79 Å². The third kappa shape index (κ3) is 3.74. The first-order valence-corrected chi connectivity index (χ1v) is 6.18.